The molecular formula is C24H30N8O2. The molecule has 2 aliphatic rings. The molecule has 178 valence electrons. The lowest BCUT2D eigenvalue weighted by Crippen LogP contribution is -2.40. The summed E-state index contributed by atoms with van der Waals surface area (Å²) in [5, 5.41) is 4.49. The summed E-state index contributed by atoms with van der Waals surface area (Å²) in [5.41, 5.74) is 7.49. The van der Waals surface area contributed by atoms with E-state index in [0.29, 0.717) is 44.3 Å². The number of ether oxygens (including phenoxy) is 2. The molecule has 0 aliphatic carbocycles. The van der Waals surface area contributed by atoms with Crippen LogP contribution in [0, 0.1) is 13.8 Å². The van der Waals surface area contributed by atoms with Gasteiger partial charge in [-0.15, -0.1) is 0 Å². The van der Waals surface area contributed by atoms with Gasteiger partial charge in [0.1, 0.15) is 0 Å². The van der Waals surface area contributed by atoms with E-state index in [0.717, 1.165) is 48.7 Å². The second-order valence-electron chi connectivity index (χ2n) is 8.34. The maximum absolute atomic E-state index is 5.49. The first-order valence-corrected chi connectivity index (χ1v) is 11.6. The standard InChI is InChI=1S/C24H30N8O2/c1-18-17-32(20-6-4-3-5-7-20)19(2)21(18)16-25-29-22-26-23(30-8-12-33-13-9-30)28-24(27-22)31-10-14-34-15-11-31/h3-7,16-17H,8-15H2,1-2H3,(H,26,27,28,29)/b25-16+. The highest BCUT2D eigenvalue weighted by Crippen LogP contribution is 2.21. The molecule has 2 aromatic heterocycles. The summed E-state index contributed by atoms with van der Waals surface area (Å²) in [7, 11) is 0. The first-order valence-electron chi connectivity index (χ1n) is 11.6. The van der Waals surface area contributed by atoms with Gasteiger partial charge in [-0.2, -0.15) is 20.1 Å². The molecule has 4 heterocycles. The number of morpholine rings is 2. The Labute approximate surface area is 199 Å². The fourth-order valence-electron chi connectivity index (χ4n) is 4.20. The normalized spacial score (nSPS) is 16.9. The fraction of sp³-hybridized carbons (Fsp3) is 0.417. The highest BCUT2D eigenvalue weighted by atomic mass is 16.5. The van der Waals surface area contributed by atoms with Crippen LogP contribution in [0.25, 0.3) is 5.69 Å². The van der Waals surface area contributed by atoms with Gasteiger partial charge in [0.15, 0.2) is 0 Å². The molecule has 0 bridgehead atoms. The third-order valence-electron chi connectivity index (χ3n) is 6.09. The Hall–Kier alpha value is -3.50. The van der Waals surface area contributed by atoms with E-state index in [4.69, 9.17) is 14.5 Å². The molecule has 0 amide bonds. The lowest BCUT2D eigenvalue weighted by molar-refractivity contribution is 0.121. The van der Waals surface area contributed by atoms with Crippen molar-refractivity contribution in [3.05, 3.63) is 53.3 Å². The van der Waals surface area contributed by atoms with Gasteiger partial charge < -0.3 is 23.8 Å². The minimum absolute atomic E-state index is 0.423. The van der Waals surface area contributed by atoms with Crippen molar-refractivity contribution in [2.24, 2.45) is 5.10 Å². The van der Waals surface area contributed by atoms with E-state index in [1.165, 1.54) is 0 Å². The van der Waals surface area contributed by atoms with Crippen molar-refractivity contribution in [3.63, 3.8) is 0 Å². The number of para-hydroxylation sites is 1. The van der Waals surface area contributed by atoms with Crippen LogP contribution in [0.3, 0.4) is 0 Å². The average molecular weight is 463 g/mol. The van der Waals surface area contributed by atoms with Crippen molar-refractivity contribution in [1.29, 1.82) is 0 Å². The largest absolute Gasteiger partial charge is 0.378 e. The molecule has 10 heteroatoms. The number of benzene rings is 1. The van der Waals surface area contributed by atoms with Crippen molar-refractivity contribution in [3.8, 4) is 5.69 Å². The zero-order valence-corrected chi connectivity index (χ0v) is 19.6. The van der Waals surface area contributed by atoms with Crippen LogP contribution >= 0.6 is 0 Å². The second kappa shape index (κ2) is 10.2. The van der Waals surface area contributed by atoms with Crippen molar-refractivity contribution < 1.29 is 9.47 Å². The molecule has 2 saturated heterocycles. The van der Waals surface area contributed by atoms with Gasteiger partial charge >= 0.3 is 0 Å². The molecule has 3 aromatic rings. The molecule has 0 spiro atoms. The molecule has 0 unspecified atom stereocenters. The van der Waals surface area contributed by atoms with E-state index in [-0.39, 0.29) is 0 Å². The van der Waals surface area contributed by atoms with Crippen LogP contribution in [-0.4, -0.2) is 78.3 Å². The van der Waals surface area contributed by atoms with E-state index in [1.807, 2.05) is 24.4 Å². The van der Waals surface area contributed by atoms with Crippen LogP contribution in [0.1, 0.15) is 16.8 Å². The zero-order valence-electron chi connectivity index (χ0n) is 19.6. The van der Waals surface area contributed by atoms with Gasteiger partial charge in [0.2, 0.25) is 17.8 Å². The molecule has 0 atom stereocenters. The molecule has 1 N–H and O–H groups in total. The molecule has 10 nitrogen and oxygen atoms in total. The number of anilines is 3. The summed E-state index contributed by atoms with van der Waals surface area (Å²) >= 11 is 0. The predicted molar refractivity (Wildman–Crippen MR) is 132 cm³/mol. The lowest BCUT2D eigenvalue weighted by atomic mass is 10.2. The Morgan fingerprint density at radius 3 is 2.03 bits per heavy atom. The SMILES string of the molecule is Cc1cn(-c2ccccc2)c(C)c1/C=N/Nc1nc(N2CCOCC2)nc(N2CCOCC2)n1. The van der Waals surface area contributed by atoms with Crippen molar-refractivity contribution in [2.75, 3.05) is 67.8 Å². The first kappa shape index (κ1) is 22.3. The van der Waals surface area contributed by atoms with Gasteiger partial charge in [-0.25, -0.2) is 5.43 Å². The van der Waals surface area contributed by atoms with E-state index < -0.39 is 0 Å². The Kier molecular flexibility index (Phi) is 6.68. The molecule has 0 radical (unpaired) electrons. The number of hydrogen-bond acceptors (Lipinski definition) is 9. The topological polar surface area (TPSA) is 92.9 Å². The average Bonchev–Trinajstić information content (AvgIpc) is 3.18. The Morgan fingerprint density at radius 2 is 1.44 bits per heavy atom. The van der Waals surface area contributed by atoms with Crippen LogP contribution in [-0.2, 0) is 9.47 Å². The third-order valence-corrected chi connectivity index (χ3v) is 6.09. The molecule has 34 heavy (non-hydrogen) atoms. The molecular weight excluding hydrogens is 432 g/mol. The fourth-order valence-corrected chi connectivity index (χ4v) is 4.20. The Morgan fingerprint density at radius 1 is 0.853 bits per heavy atom. The van der Waals surface area contributed by atoms with Gasteiger partial charge in [0.05, 0.1) is 32.6 Å². The minimum Gasteiger partial charge on any atom is -0.378 e. The van der Waals surface area contributed by atoms with Gasteiger partial charge in [-0.05, 0) is 31.5 Å². The van der Waals surface area contributed by atoms with E-state index in [1.54, 1.807) is 0 Å². The molecule has 2 fully saturated rings. The van der Waals surface area contributed by atoms with E-state index in [2.05, 4.69) is 67.0 Å². The second-order valence-corrected chi connectivity index (χ2v) is 8.34. The van der Waals surface area contributed by atoms with Gasteiger partial charge in [-0.1, -0.05) is 18.2 Å². The third kappa shape index (κ3) is 4.87. The van der Waals surface area contributed by atoms with Crippen molar-refractivity contribution >= 4 is 24.1 Å². The molecule has 5 rings (SSSR count). The summed E-state index contributed by atoms with van der Waals surface area (Å²) < 4.78 is 13.1. The van der Waals surface area contributed by atoms with Gasteiger partial charge in [-0.3, -0.25) is 0 Å². The van der Waals surface area contributed by atoms with E-state index in [9.17, 15) is 0 Å². The number of hydrogen-bond donors (Lipinski definition) is 1. The van der Waals surface area contributed by atoms with Gasteiger partial charge in [0.25, 0.3) is 0 Å². The van der Waals surface area contributed by atoms with Crippen LogP contribution in [0.4, 0.5) is 17.8 Å². The smallest absolute Gasteiger partial charge is 0.250 e. The quantitative estimate of drug-likeness (QED) is 0.441. The van der Waals surface area contributed by atoms with Crippen LogP contribution in [0.5, 0.6) is 0 Å². The maximum Gasteiger partial charge on any atom is 0.250 e. The molecule has 2 aliphatic heterocycles. The van der Waals surface area contributed by atoms with Crippen LogP contribution in [0.15, 0.2) is 41.6 Å². The summed E-state index contributed by atoms with van der Waals surface area (Å²) in [5.74, 6) is 1.70. The predicted octanol–water partition coefficient (Wildman–Crippen LogP) is 2.40. The molecule has 0 saturated carbocycles. The minimum atomic E-state index is 0.423. The Bertz CT molecular complexity index is 1100. The highest BCUT2D eigenvalue weighted by molar-refractivity contribution is 5.84. The summed E-state index contributed by atoms with van der Waals surface area (Å²) in [6.45, 7) is 9.84. The van der Waals surface area contributed by atoms with Crippen molar-refractivity contribution in [1.82, 2.24) is 19.5 Å². The van der Waals surface area contributed by atoms with E-state index >= 15 is 0 Å². The monoisotopic (exact) mass is 462 g/mol. The highest BCUT2D eigenvalue weighted by Gasteiger charge is 2.20. The number of aryl methyl sites for hydroxylation is 1. The summed E-state index contributed by atoms with van der Waals surface area (Å²) in [4.78, 5) is 18.3. The number of nitrogens with one attached hydrogen (secondary N) is 1. The van der Waals surface area contributed by atoms with Crippen molar-refractivity contribution in [2.45, 2.75) is 13.8 Å². The lowest BCUT2D eigenvalue weighted by Gasteiger charge is -2.30. The van der Waals surface area contributed by atoms with Crippen LogP contribution < -0.4 is 15.2 Å². The summed E-state index contributed by atoms with van der Waals surface area (Å²) in [6.07, 6.45) is 3.96. The number of rotatable bonds is 6. The maximum atomic E-state index is 5.49. The molecule has 1 aromatic carbocycles. The zero-order chi connectivity index (χ0) is 23.3. The number of nitrogens with zero attached hydrogens (tertiary/aromatic N) is 7. The summed E-state index contributed by atoms with van der Waals surface area (Å²) in [6, 6.07) is 10.3. The van der Waals surface area contributed by atoms with Gasteiger partial charge in [0, 0.05) is 49.3 Å². The number of aromatic nitrogens is 4. The van der Waals surface area contributed by atoms with Crippen LogP contribution in [0.2, 0.25) is 0 Å². The number of hydrazone groups is 1. The Balaban J connectivity index is 1.39. The first-order chi connectivity index (χ1) is 16.7.